The fourth-order valence-corrected chi connectivity index (χ4v) is 0.875. The predicted molar refractivity (Wildman–Crippen MR) is 54.6 cm³/mol. The summed E-state index contributed by atoms with van der Waals surface area (Å²) < 4.78 is 4.99. The number of hydrogen-bond acceptors (Lipinski definition) is 4. The van der Waals surface area contributed by atoms with Crippen LogP contribution in [0.4, 0.5) is 5.69 Å². The average Bonchev–Trinajstić information content (AvgIpc) is 2.26. The highest BCUT2D eigenvalue weighted by molar-refractivity contribution is 5.72. The lowest BCUT2D eigenvalue weighted by molar-refractivity contribution is -0.138. The summed E-state index contributed by atoms with van der Waals surface area (Å²) in [4.78, 5) is 10.5. The predicted octanol–water partition coefficient (Wildman–Crippen LogP) is 2.25. The minimum atomic E-state index is -0.998. The quantitative estimate of drug-likeness (QED) is 0.771. The molecule has 0 aliphatic carbocycles. The average molecular weight is 208 g/mol. The molecule has 1 unspecified atom stereocenters. The molecule has 15 heavy (non-hydrogen) atoms. The van der Waals surface area contributed by atoms with E-state index in [0.717, 1.165) is 0 Å². The Kier molecular flexibility index (Phi) is 3.79. The molecule has 0 saturated heterocycles. The van der Waals surface area contributed by atoms with Crippen molar-refractivity contribution in [3.05, 3.63) is 24.3 Å². The van der Waals surface area contributed by atoms with Gasteiger partial charge in [0, 0.05) is 6.07 Å². The zero-order valence-corrected chi connectivity index (χ0v) is 8.54. The Morgan fingerprint density at radius 2 is 2.27 bits per heavy atom. The summed E-state index contributed by atoms with van der Waals surface area (Å²) in [5, 5.41) is 16.0. The standard InChI is InChI=1S/C10H12N2O3/c1-7(10(13)14)11-12-8-4-3-5-9(6-8)15-2/h3-7H,1-2H3,(H,13,14). The van der Waals surface area contributed by atoms with Crippen molar-refractivity contribution >= 4 is 11.7 Å². The summed E-state index contributed by atoms with van der Waals surface area (Å²) in [7, 11) is 1.55. The number of ether oxygens (including phenoxy) is 1. The van der Waals surface area contributed by atoms with E-state index in [1.54, 1.807) is 31.4 Å². The molecule has 1 N–H and O–H groups in total. The molecule has 0 amide bonds. The smallest absolute Gasteiger partial charge is 0.330 e. The minimum absolute atomic E-state index is 0.572. The summed E-state index contributed by atoms with van der Waals surface area (Å²) in [5.74, 6) is -0.337. The number of aliphatic carboxylic acids is 1. The van der Waals surface area contributed by atoms with Gasteiger partial charge in [0.25, 0.3) is 0 Å². The Bertz CT molecular complexity index is 377. The van der Waals surface area contributed by atoms with Crippen molar-refractivity contribution in [1.29, 1.82) is 0 Å². The van der Waals surface area contributed by atoms with Crippen LogP contribution in [0.15, 0.2) is 34.5 Å². The third-order valence-electron chi connectivity index (χ3n) is 1.76. The van der Waals surface area contributed by atoms with E-state index in [1.165, 1.54) is 6.92 Å². The number of carboxylic acids is 1. The zero-order valence-electron chi connectivity index (χ0n) is 8.54. The molecule has 0 saturated carbocycles. The molecular weight excluding hydrogens is 196 g/mol. The van der Waals surface area contributed by atoms with Crippen molar-refractivity contribution in [3.63, 3.8) is 0 Å². The molecule has 0 heterocycles. The Balaban J connectivity index is 2.75. The van der Waals surface area contributed by atoms with Gasteiger partial charge in [0.2, 0.25) is 0 Å². The van der Waals surface area contributed by atoms with Crippen LogP contribution in [-0.2, 0) is 4.79 Å². The van der Waals surface area contributed by atoms with Crippen LogP contribution in [-0.4, -0.2) is 24.2 Å². The summed E-state index contributed by atoms with van der Waals surface area (Å²) >= 11 is 0. The van der Waals surface area contributed by atoms with Gasteiger partial charge in [-0.15, -0.1) is 0 Å². The van der Waals surface area contributed by atoms with Crippen LogP contribution in [0.1, 0.15) is 6.92 Å². The normalized spacial score (nSPS) is 12.7. The van der Waals surface area contributed by atoms with E-state index >= 15 is 0 Å². The number of rotatable bonds is 4. The van der Waals surface area contributed by atoms with Gasteiger partial charge in [-0.25, -0.2) is 4.79 Å². The van der Waals surface area contributed by atoms with E-state index < -0.39 is 12.0 Å². The SMILES string of the molecule is COc1cccc(N=NC(C)C(=O)O)c1. The van der Waals surface area contributed by atoms with Gasteiger partial charge in [0.1, 0.15) is 5.75 Å². The number of nitrogens with zero attached hydrogens (tertiary/aromatic N) is 2. The maximum Gasteiger partial charge on any atom is 0.330 e. The maximum absolute atomic E-state index is 10.5. The first-order valence-corrected chi connectivity index (χ1v) is 4.41. The molecule has 0 aliphatic rings. The molecule has 0 fully saturated rings. The van der Waals surface area contributed by atoms with Gasteiger partial charge in [0.15, 0.2) is 6.04 Å². The molecular formula is C10H12N2O3. The number of hydrogen-bond donors (Lipinski definition) is 1. The number of carbonyl (C=O) groups is 1. The van der Waals surface area contributed by atoms with Crippen LogP contribution in [0.25, 0.3) is 0 Å². The third kappa shape index (κ3) is 3.38. The largest absolute Gasteiger partial charge is 0.497 e. The molecule has 80 valence electrons. The first-order valence-electron chi connectivity index (χ1n) is 4.41. The highest BCUT2D eigenvalue weighted by Crippen LogP contribution is 2.19. The second kappa shape index (κ2) is 5.09. The van der Waals surface area contributed by atoms with Crippen molar-refractivity contribution in [2.45, 2.75) is 13.0 Å². The number of azo groups is 1. The highest BCUT2D eigenvalue weighted by atomic mass is 16.5. The lowest BCUT2D eigenvalue weighted by atomic mass is 10.3. The second-order valence-corrected chi connectivity index (χ2v) is 2.93. The van der Waals surface area contributed by atoms with E-state index in [0.29, 0.717) is 11.4 Å². The van der Waals surface area contributed by atoms with Crippen molar-refractivity contribution in [2.24, 2.45) is 10.2 Å². The van der Waals surface area contributed by atoms with Crippen LogP contribution in [0, 0.1) is 0 Å². The molecule has 5 nitrogen and oxygen atoms in total. The molecule has 0 spiro atoms. The number of carboxylic acid groups (broad SMARTS) is 1. The van der Waals surface area contributed by atoms with Gasteiger partial charge < -0.3 is 9.84 Å². The highest BCUT2D eigenvalue weighted by Gasteiger charge is 2.07. The minimum Gasteiger partial charge on any atom is -0.497 e. The van der Waals surface area contributed by atoms with Crippen LogP contribution >= 0.6 is 0 Å². The lowest BCUT2D eigenvalue weighted by Crippen LogP contribution is -2.11. The van der Waals surface area contributed by atoms with Gasteiger partial charge in [-0.3, -0.25) is 0 Å². The monoisotopic (exact) mass is 208 g/mol. The molecule has 0 aromatic heterocycles. The van der Waals surface area contributed by atoms with Crippen LogP contribution in [0.2, 0.25) is 0 Å². The van der Waals surface area contributed by atoms with Crippen molar-refractivity contribution in [1.82, 2.24) is 0 Å². The first-order chi connectivity index (χ1) is 7.13. The molecule has 1 aromatic rings. The Hall–Kier alpha value is -1.91. The Labute approximate surface area is 87.4 Å². The van der Waals surface area contributed by atoms with Gasteiger partial charge in [-0.2, -0.15) is 10.2 Å². The molecule has 0 bridgehead atoms. The van der Waals surface area contributed by atoms with Gasteiger partial charge in [0.05, 0.1) is 12.8 Å². The number of methoxy groups -OCH3 is 1. The molecule has 0 aliphatic heterocycles. The van der Waals surface area contributed by atoms with E-state index in [4.69, 9.17) is 9.84 Å². The fraction of sp³-hybridized carbons (Fsp3) is 0.300. The van der Waals surface area contributed by atoms with E-state index in [9.17, 15) is 4.79 Å². The van der Waals surface area contributed by atoms with Crippen molar-refractivity contribution in [2.75, 3.05) is 7.11 Å². The zero-order chi connectivity index (χ0) is 11.3. The van der Waals surface area contributed by atoms with E-state index in [-0.39, 0.29) is 0 Å². The Morgan fingerprint density at radius 1 is 1.53 bits per heavy atom. The summed E-state index contributed by atoms with van der Waals surface area (Å²) in [5.41, 5.74) is 0.572. The summed E-state index contributed by atoms with van der Waals surface area (Å²) in [6.07, 6.45) is 0. The molecule has 1 rings (SSSR count). The Morgan fingerprint density at radius 3 is 2.87 bits per heavy atom. The molecule has 1 atom stereocenters. The van der Waals surface area contributed by atoms with E-state index in [2.05, 4.69) is 10.2 Å². The van der Waals surface area contributed by atoms with Crippen LogP contribution in [0.3, 0.4) is 0 Å². The maximum atomic E-state index is 10.5. The summed E-state index contributed by atoms with van der Waals surface area (Å²) in [6.45, 7) is 1.46. The van der Waals surface area contributed by atoms with Gasteiger partial charge >= 0.3 is 5.97 Å². The molecule has 5 heteroatoms. The van der Waals surface area contributed by atoms with E-state index in [1.807, 2.05) is 0 Å². The third-order valence-corrected chi connectivity index (χ3v) is 1.76. The second-order valence-electron chi connectivity index (χ2n) is 2.93. The first kappa shape index (κ1) is 11.2. The van der Waals surface area contributed by atoms with Gasteiger partial charge in [-0.05, 0) is 19.1 Å². The van der Waals surface area contributed by atoms with Crippen LogP contribution in [0.5, 0.6) is 5.75 Å². The van der Waals surface area contributed by atoms with Gasteiger partial charge in [-0.1, -0.05) is 6.07 Å². The number of benzene rings is 1. The summed E-state index contributed by atoms with van der Waals surface area (Å²) in [6, 6.07) is 6.10. The lowest BCUT2D eigenvalue weighted by Gasteiger charge is -2.00. The fourth-order valence-electron chi connectivity index (χ4n) is 0.875. The molecule has 0 radical (unpaired) electrons. The van der Waals surface area contributed by atoms with Crippen molar-refractivity contribution in [3.8, 4) is 5.75 Å². The van der Waals surface area contributed by atoms with Crippen molar-refractivity contribution < 1.29 is 14.6 Å². The molecule has 1 aromatic carbocycles. The van der Waals surface area contributed by atoms with Crippen LogP contribution < -0.4 is 4.74 Å². The topological polar surface area (TPSA) is 71.2 Å².